The molecule has 1 aliphatic heterocycles. The average Bonchev–Trinajstić information content (AvgIpc) is 2.89. The first-order valence-corrected chi connectivity index (χ1v) is 7.46. The van der Waals surface area contributed by atoms with Crippen LogP contribution < -0.4 is 0 Å². The number of hydrogen-bond donors (Lipinski definition) is 0. The van der Waals surface area contributed by atoms with E-state index >= 15 is 0 Å². The second-order valence-electron chi connectivity index (χ2n) is 5.07. The summed E-state index contributed by atoms with van der Waals surface area (Å²) in [5.74, 6) is 0.136. The van der Waals surface area contributed by atoms with Gasteiger partial charge in [0.1, 0.15) is 0 Å². The van der Waals surface area contributed by atoms with Gasteiger partial charge in [-0.15, -0.1) is 5.10 Å². The van der Waals surface area contributed by atoms with Crippen LogP contribution in [0.3, 0.4) is 0 Å². The van der Waals surface area contributed by atoms with Crippen molar-refractivity contribution in [3.63, 3.8) is 0 Å². The third kappa shape index (κ3) is 3.19. The Morgan fingerprint density at radius 2 is 2.14 bits per heavy atom. The topological polar surface area (TPSA) is 51.0 Å². The number of hydrogen-bond acceptors (Lipinski definition) is 3. The molecule has 110 valence electrons. The van der Waals surface area contributed by atoms with Gasteiger partial charge in [0.15, 0.2) is 0 Å². The van der Waals surface area contributed by atoms with E-state index in [2.05, 4.69) is 10.3 Å². The van der Waals surface area contributed by atoms with E-state index in [0.717, 1.165) is 5.56 Å². The van der Waals surface area contributed by atoms with Crippen LogP contribution in [0.25, 0.3) is 0 Å². The molecule has 0 saturated carbocycles. The molecule has 0 N–H and O–H groups in total. The van der Waals surface area contributed by atoms with Gasteiger partial charge >= 0.3 is 0 Å². The van der Waals surface area contributed by atoms with Gasteiger partial charge in [-0.25, -0.2) is 4.68 Å². The Kier molecular flexibility index (Phi) is 4.12. The van der Waals surface area contributed by atoms with E-state index in [9.17, 15) is 4.79 Å². The Bertz CT molecular complexity index is 638. The van der Waals surface area contributed by atoms with Crippen molar-refractivity contribution in [2.24, 2.45) is 0 Å². The highest BCUT2D eigenvalue weighted by molar-refractivity contribution is 6.35. The minimum absolute atomic E-state index is 0.136. The number of carbonyl (C=O) groups is 1. The van der Waals surface area contributed by atoms with Gasteiger partial charge in [-0.3, -0.25) is 4.79 Å². The molecule has 1 amide bonds. The molecule has 0 bridgehead atoms. The van der Waals surface area contributed by atoms with Gasteiger partial charge in [0.25, 0.3) is 0 Å². The van der Waals surface area contributed by atoms with E-state index < -0.39 is 0 Å². The molecule has 1 saturated heterocycles. The smallest absolute Gasteiger partial charge is 0.223 e. The second kappa shape index (κ2) is 6.03. The molecule has 0 radical (unpaired) electrons. The standard InChI is InChI=1S/C14H14Cl2N4O/c15-11-3-1-10(13(16)7-11)2-4-14(21)19-8-12(9-19)20-6-5-17-18-20/h1,3,5-7,12H,2,4,8-9H2. The first-order chi connectivity index (χ1) is 10.1. The summed E-state index contributed by atoms with van der Waals surface area (Å²) in [5, 5.41) is 8.93. The van der Waals surface area contributed by atoms with E-state index in [-0.39, 0.29) is 11.9 Å². The fraction of sp³-hybridized carbons (Fsp3) is 0.357. The van der Waals surface area contributed by atoms with Crippen LogP contribution in [0.2, 0.25) is 10.0 Å². The molecule has 21 heavy (non-hydrogen) atoms. The fourth-order valence-electron chi connectivity index (χ4n) is 2.36. The van der Waals surface area contributed by atoms with Crippen molar-refractivity contribution in [3.05, 3.63) is 46.2 Å². The SMILES string of the molecule is O=C(CCc1ccc(Cl)cc1Cl)N1CC(n2ccnn2)C1. The molecule has 2 aromatic rings. The molecule has 0 spiro atoms. The number of aryl methyl sites for hydroxylation is 1. The largest absolute Gasteiger partial charge is 0.338 e. The van der Waals surface area contributed by atoms with Crippen LogP contribution in [0.5, 0.6) is 0 Å². The third-order valence-corrected chi connectivity index (χ3v) is 4.24. The lowest BCUT2D eigenvalue weighted by molar-refractivity contribution is -0.137. The van der Waals surface area contributed by atoms with E-state index in [1.165, 1.54) is 0 Å². The molecule has 7 heteroatoms. The van der Waals surface area contributed by atoms with Crippen molar-refractivity contribution < 1.29 is 4.79 Å². The Balaban J connectivity index is 1.49. The molecule has 1 aliphatic rings. The monoisotopic (exact) mass is 324 g/mol. The summed E-state index contributed by atoms with van der Waals surface area (Å²) in [6.07, 6.45) is 4.54. The first kappa shape index (κ1) is 14.4. The van der Waals surface area contributed by atoms with Gasteiger partial charge in [-0.2, -0.15) is 0 Å². The Labute approximate surface area is 132 Å². The Morgan fingerprint density at radius 3 is 2.81 bits per heavy atom. The lowest BCUT2D eigenvalue weighted by atomic mass is 10.1. The zero-order chi connectivity index (χ0) is 14.8. The maximum atomic E-state index is 12.1. The summed E-state index contributed by atoms with van der Waals surface area (Å²) in [4.78, 5) is 13.9. The zero-order valence-electron chi connectivity index (χ0n) is 11.2. The summed E-state index contributed by atoms with van der Waals surface area (Å²) in [6.45, 7) is 1.38. The zero-order valence-corrected chi connectivity index (χ0v) is 12.8. The quantitative estimate of drug-likeness (QED) is 0.868. The van der Waals surface area contributed by atoms with Crippen LogP contribution in [0.15, 0.2) is 30.6 Å². The maximum Gasteiger partial charge on any atom is 0.223 e. The van der Waals surface area contributed by atoms with Crippen LogP contribution >= 0.6 is 23.2 Å². The van der Waals surface area contributed by atoms with Crippen molar-refractivity contribution in [2.45, 2.75) is 18.9 Å². The lowest BCUT2D eigenvalue weighted by Gasteiger charge is -2.39. The predicted octanol–water partition coefficient (Wildman–Crippen LogP) is 2.60. The van der Waals surface area contributed by atoms with Gasteiger partial charge in [0.2, 0.25) is 5.91 Å². The van der Waals surface area contributed by atoms with Gasteiger partial charge < -0.3 is 4.90 Å². The van der Waals surface area contributed by atoms with E-state index in [0.29, 0.717) is 36.0 Å². The molecule has 1 aromatic heterocycles. The van der Waals surface area contributed by atoms with Gasteiger partial charge in [0.05, 0.1) is 12.2 Å². The first-order valence-electron chi connectivity index (χ1n) is 6.71. The van der Waals surface area contributed by atoms with Crippen LogP contribution in [-0.4, -0.2) is 38.9 Å². The number of rotatable bonds is 4. The van der Waals surface area contributed by atoms with Crippen LogP contribution in [-0.2, 0) is 11.2 Å². The predicted molar refractivity (Wildman–Crippen MR) is 80.4 cm³/mol. The second-order valence-corrected chi connectivity index (χ2v) is 5.91. The highest BCUT2D eigenvalue weighted by Gasteiger charge is 2.31. The molecule has 3 rings (SSSR count). The highest BCUT2D eigenvalue weighted by Crippen LogP contribution is 2.24. The van der Waals surface area contributed by atoms with Crippen molar-refractivity contribution >= 4 is 29.1 Å². The van der Waals surface area contributed by atoms with Crippen molar-refractivity contribution in [2.75, 3.05) is 13.1 Å². The molecular weight excluding hydrogens is 311 g/mol. The number of aromatic nitrogens is 3. The van der Waals surface area contributed by atoms with Crippen molar-refractivity contribution in [3.8, 4) is 0 Å². The molecule has 0 atom stereocenters. The van der Waals surface area contributed by atoms with E-state index in [4.69, 9.17) is 23.2 Å². The fourth-order valence-corrected chi connectivity index (χ4v) is 2.87. The van der Waals surface area contributed by atoms with Crippen LogP contribution in [0.1, 0.15) is 18.0 Å². The van der Waals surface area contributed by atoms with E-state index in [1.807, 2.05) is 17.2 Å². The van der Waals surface area contributed by atoms with Crippen LogP contribution in [0.4, 0.5) is 0 Å². The number of carbonyl (C=O) groups excluding carboxylic acids is 1. The number of likely N-dealkylation sites (tertiary alicyclic amines) is 1. The average molecular weight is 325 g/mol. The minimum Gasteiger partial charge on any atom is -0.338 e. The van der Waals surface area contributed by atoms with Crippen LogP contribution in [0, 0.1) is 0 Å². The molecule has 5 nitrogen and oxygen atoms in total. The van der Waals surface area contributed by atoms with E-state index in [1.54, 1.807) is 23.0 Å². The van der Waals surface area contributed by atoms with Crippen molar-refractivity contribution in [1.29, 1.82) is 0 Å². The Hall–Kier alpha value is -1.59. The third-order valence-electron chi connectivity index (χ3n) is 3.65. The van der Waals surface area contributed by atoms with Gasteiger partial charge in [-0.05, 0) is 24.1 Å². The molecule has 1 fully saturated rings. The molecule has 1 aromatic carbocycles. The number of benzene rings is 1. The normalized spacial score (nSPS) is 15.0. The van der Waals surface area contributed by atoms with Crippen molar-refractivity contribution in [1.82, 2.24) is 19.9 Å². The molecular formula is C14H14Cl2N4O. The molecule has 0 unspecified atom stereocenters. The highest BCUT2D eigenvalue weighted by atomic mass is 35.5. The summed E-state index contributed by atoms with van der Waals surface area (Å²) in [5.41, 5.74) is 0.947. The van der Waals surface area contributed by atoms with Gasteiger partial charge in [-0.1, -0.05) is 34.5 Å². The summed E-state index contributed by atoms with van der Waals surface area (Å²) < 4.78 is 1.79. The molecule has 2 heterocycles. The molecule has 0 aliphatic carbocycles. The lowest BCUT2D eigenvalue weighted by Crippen LogP contribution is -2.50. The number of nitrogens with zero attached hydrogens (tertiary/aromatic N) is 4. The Morgan fingerprint density at radius 1 is 1.33 bits per heavy atom. The summed E-state index contributed by atoms with van der Waals surface area (Å²) >= 11 is 12.0. The van der Waals surface area contributed by atoms with Gasteiger partial charge in [0, 0.05) is 35.8 Å². The summed E-state index contributed by atoms with van der Waals surface area (Å²) in [7, 11) is 0. The number of amides is 1. The maximum absolute atomic E-state index is 12.1. The summed E-state index contributed by atoms with van der Waals surface area (Å²) in [6, 6.07) is 5.60. The minimum atomic E-state index is 0.136. The number of halogens is 2.